The average molecular weight is 298 g/mol. The largest absolute Gasteiger partial charge is 0.486 e. The maximum absolute atomic E-state index is 9.29. The Labute approximate surface area is 121 Å². The number of hydrogen-bond acceptors (Lipinski definition) is 4. The van der Waals surface area contributed by atoms with E-state index in [2.05, 4.69) is 11.9 Å². The molecule has 0 spiro atoms. The minimum absolute atomic E-state index is 0.0495. The van der Waals surface area contributed by atoms with Crippen LogP contribution < -0.4 is 4.74 Å². The highest BCUT2D eigenvalue weighted by Gasteiger charge is 2.10. The first-order valence-corrected chi connectivity index (χ1v) is 7.39. The summed E-state index contributed by atoms with van der Waals surface area (Å²) in [6.07, 6.45) is 1.92. The molecule has 2 rings (SSSR count). The van der Waals surface area contributed by atoms with Crippen molar-refractivity contribution in [1.82, 2.24) is 4.98 Å². The van der Waals surface area contributed by atoms with Crippen LogP contribution in [0.3, 0.4) is 0 Å². The number of benzene rings is 1. The third-order valence-corrected chi connectivity index (χ3v) is 3.94. The highest BCUT2D eigenvalue weighted by molar-refractivity contribution is 7.11. The summed E-state index contributed by atoms with van der Waals surface area (Å²) in [6.45, 7) is 2.57. The first-order chi connectivity index (χ1) is 9.22. The van der Waals surface area contributed by atoms with E-state index in [4.69, 9.17) is 16.3 Å². The third-order valence-electron chi connectivity index (χ3n) is 2.63. The molecule has 2 aromatic rings. The highest BCUT2D eigenvalue weighted by Crippen LogP contribution is 2.22. The Balaban J connectivity index is 2.01. The number of aliphatic hydroxyl groups excluding tert-OH is 1. The van der Waals surface area contributed by atoms with Gasteiger partial charge in [0.1, 0.15) is 17.4 Å². The maximum atomic E-state index is 9.29. The van der Waals surface area contributed by atoms with Crippen LogP contribution in [0.4, 0.5) is 0 Å². The molecule has 1 N–H and O–H groups in total. The summed E-state index contributed by atoms with van der Waals surface area (Å²) in [5.74, 6) is 0.766. The van der Waals surface area contributed by atoms with Crippen LogP contribution in [0.25, 0.3) is 0 Å². The minimum atomic E-state index is 0.0495. The fourth-order valence-corrected chi connectivity index (χ4v) is 2.74. The molecule has 1 aromatic carbocycles. The molecule has 1 heterocycles. The summed E-state index contributed by atoms with van der Waals surface area (Å²) in [5.41, 5.74) is 0.990. The van der Waals surface area contributed by atoms with E-state index in [0.29, 0.717) is 11.6 Å². The van der Waals surface area contributed by atoms with Gasteiger partial charge in [0.15, 0.2) is 0 Å². The van der Waals surface area contributed by atoms with Crippen LogP contribution in [0, 0.1) is 0 Å². The summed E-state index contributed by atoms with van der Waals surface area (Å²) in [4.78, 5) is 5.45. The summed E-state index contributed by atoms with van der Waals surface area (Å²) in [7, 11) is 0. The second-order valence-electron chi connectivity index (χ2n) is 4.13. The Morgan fingerprint density at radius 1 is 1.32 bits per heavy atom. The summed E-state index contributed by atoms with van der Waals surface area (Å²) >= 11 is 7.32. The fraction of sp³-hybridized carbons (Fsp3) is 0.357. The third kappa shape index (κ3) is 3.93. The SMILES string of the molecule is CCCc1nc(COc2ccc(Cl)cc2)sc1CO. The number of hydrogen-bond donors (Lipinski definition) is 1. The van der Waals surface area contributed by atoms with Crippen molar-refractivity contribution >= 4 is 22.9 Å². The number of aryl methyl sites for hydroxylation is 1. The Morgan fingerprint density at radius 2 is 2.05 bits per heavy atom. The minimum Gasteiger partial charge on any atom is -0.486 e. The van der Waals surface area contributed by atoms with Gasteiger partial charge < -0.3 is 9.84 Å². The normalized spacial score (nSPS) is 10.7. The van der Waals surface area contributed by atoms with Gasteiger partial charge >= 0.3 is 0 Å². The van der Waals surface area contributed by atoms with Gasteiger partial charge in [-0.05, 0) is 30.7 Å². The Morgan fingerprint density at radius 3 is 2.68 bits per heavy atom. The molecule has 1 aromatic heterocycles. The molecule has 3 nitrogen and oxygen atoms in total. The molecular formula is C14H16ClNO2S. The van der Waals surface area contributed by atoms with Crippen LogP contribution >= 0.6 is 22.9 Å². The average Bonchev–Trinajstić information content (AvgIpc) is 2.81. The number of halogens is 1. The van der Waals surface area contributed by atoms with Crippen LogP contribution in [0.1, 0.15) is 28.9 Å². The van der Waals surface area contributed by atoms with Gasteiger partial charge in [0.05, 0.1) is 17.2 Å². The summed E-state index contributed by atoms with van der Waals surface area (Å²) in [5, 5.41) is 10.9. The van der Waals surface area contributed by atoms with Crippen molar-refractivity contribution in [3.05, 3.63) is 44.9 Å². The lowest BCUT2D eigenvalue weighted by Gasteiger charge is -2.03. The van der Waals surface area contributed by atoms with Gasteiger partial charge in [0.25, 0.3) is 0 Å². The van der Waals surface area contributed by atoms with E-state index in [0.717, 1.165) is 34.2 Å². The number of ether oxygens (including phenoxy) is 1. The maximum Gasteiger partial charge on any atom is 0.140 e. The molecule has 0 amide bonds. The fourth-order valence-electron chi connectivity index (χ4n) is 1.73. The lowest BCUT2D eigenvalue weighted by molar-refractivity contribution is 0.284. The standard InChI is InChI=1S/C14H16ClNO2S/c1-2-3-12-13(8-17)19-14(16-12)9-18-11-6-4-10(15)5-7-11/h4-7,17H,2-3,8-9H2,1H3. The van der Waals surface area contributed by atoms with Crippen molar-refractivity contribution in [3.8, 4) is 5.75 Å². The molecular weight excluding hydrogens is 282 g/mol. The molecule has 102 valence electrons. The molecule has 0 radical (unpaired) electrons. The highest BCUT2D eigenvalue weighted by atomic mass is 35.5. The predicted octanol–water partition coefficient (Wildman–Crippen LogP) is 3.82. The van der Waals surface area contributed by atoms with Gasteiger partial charge in [-0.3, -0.25) is 0 Å². The van der Waals surface area contributed by atoms with Crippen molar-refractivity contribution in [2.24, 2.45) is 0 Å². The summed E-state index contributed by atoms with van der Waals surface area (Å²) < 4.78 is 5.65. The van der Waals surface area contributed by atoms with Crippen molar-refractivity contribution in [2.45, 2.75) is 33.0 Å². The molecule has 0 atom stereocenters. The van der Waals surface area contributed by atoms with E-state index >= 15 is 0 Å². The number of aliphatic hydroxyl groups is 1. The van der Waals surface area contributed by atoms with Gasteiger partial charge in [-0.2, -0.15) is 0 Å². The molecule has 0 saturated carbocycles. The number of aromatic nitrogens is 1. The zero-order chi connectivity index (χ0) is 13.7. The molecule has 0 bridgehead atoms. The Kier molecular flexibility index (Phi) is 5.19. The Hall–Kier alpha value is -1.10. The molecule has 0 aliphatic carbocycles. The first kappa shape index (κ1) is 14.3. The van der Waals surface area contributed by atoms with E-state index in [1.54, 1.807) is 12.1 Å². The van der Waals surface area contributed by atoms with Crippen LogP contribution in [0.5, 0.6) is 5.75 Å². The quantitative estimate of drug-likeness (QED) is 0.881. The molecule has 0 aliphatic heterocycles. The zero-order valence-corrected chi connectivity index (χ0v) is 12.3. The molecule has 0 fully saturated rings. The zero-order valence-electron chi connectivity index (χ0n) is 10.7. The van der Waals surface area contributed by atoms with Crippen LogP contribution in [0.2, 0.25) is 5.02 Å². The number of rotatable bonds is 6. The van der Waals surface area contributed by atoms with Gasteiger partial charge in [-0.25, -0.2) is 4.98 Å². The smallest absolute Gasteiger partial charge is 0.140 e. The first-order valence-electron chi connectivity index (χ1n) is 6.19. The van der Waals surface area contributed by atoms with Crippen molar-refractivity contribution in [3.63, 3.8) is 0 Å². The number of thiazole rings is 1. The van der Waals surface area contributed by atoms with E-state index in [1.807, 2.05) is 12.1 Å². The molecule has 5 heteroatoms. The molecule has 0 unspecified atom stereocenters. The number of nitrogens with zero attached hydrogens (tertiary/aromatic N) is 1. The molecule has 0 saturated heterocycles. The van der Waals surface area contributed by atoms with Crippen LogP contribution in [0.15, 0.2) is 24.3 Å². The van der Waals surface area contributed by atoms with Crippen LogP contribution in [-0.2, 0) is 19.6 Å². The lowest BCUT2D eigenvalue weighted by atomic mass is 10.2. The van der Waals surface area contributed by atoms with E-state index in [-0.39, 0.29) is 6.61 Å². The molecule has 0 aliphatic rings. The van der Waals surface area contributed by atoms with Crippen molar-refractivity contribution < 1.29 is 9.84 Å². The Bertz CT molecular complexity index is 525. The topological polar surface area (TPSA) is 42.4 Å². The van der Waals surface area contributed by atoms with Crippen molar-refractivity contribution in [1.29, 1.82) is 0 Å². The van der Waals surface area contributed by atoms with Crippen molar-refractivity contribution in [2.75, 3.05) is 0 Å². The summed E-state index contributed by atoms with van der Waals surface area (Å²) in [6, 6.07) is 7.24. The van der Waals surface area contributed by atoms with E-state index in [1.165, 1.54) is 11.3 Å². The second-order valence-corrected chi connectivity index (χ2v) is 5.73. The predicted molar refractivity (Wildman–Crippen MR) is 77.8 cm³/mol. The molecule has 19 heavy (non-hydrogen) atoms. The van der Waals surface area contributed by atoms with Gasteiger partial charge in [-0.15, -0.1) is 11.3 Å². The van der Waals surface area contributed by atoms with Gasteiger partial charge in [-0.1, -0.05) is 24.9 Å². The lowest BCUT2D eigenvalue weighted by Crippen LogP contribution is -1.95. The van der Waals surface area contributed by atoms with E-state index in [9.17, 15) is 5.11 Å². The van der Waals surface area contributed by atoms with Crippen LogP contribution in [-0.4, -0.2) is 10.1 Å². The van der Waals surface area contributed by atoms with Gasteiger partial charge in [0.2, 0.25) is 0 Å². The monoisotopic (exact) mass is 297 g/mol. The van der Waals surface area contributed by atoms with E-state index < -0.39 is 0 Å². The second kappa shape index (κ2) is 6.89. The van der Waals surface area contributed by atoms with Gasteiger partial charge in [0, 0.05) is 5.02 Å².